The molecule has 6 nitrogen and oxygen atoms in total. The first-order valence-corrected chi connectivity index (χ1v) is 8.65. The van der Waals surface area contributed by atoms with Crippen LogP contribution in [0.1, 0.15) is 35.4 Å². The van der Waals surface area contributed by atoms with Gasteiger partial charge in [0, 0.05) is 31.5 Å². The summed E-state index contributed by atoms with van der Waals surface area (Å²) in [6.45, 7) is 4.46. The largest absolute Gasteiger partial charge is 0.361 e. The molecule has 0 aliphatic carbocycles. The maximum absolute atomic E-state index is 13.3. The first-order valence-electron chi connectivity index (χ1n) is 8.65. The van der Waals surface area contributed by atoms with Gasteiger partial charge in [0.05, 0.1) is 11.7 Å². The van der Waals surface area contributed by atoms with Crippen LogP contribution >= 0.6 is 0 Å². The molecule has 0 bridgehead atoms. The van der Waals surface area contributed by atoms with Crippen molar-refractivity contribution in [1.82, 2.24) is 15.4 Å². The molecule has 1 atom stereocenters. The first-order chi connectivity index (χ1) is 12.4. The quantitative estimate of drug-likeness (QED) is 0.859. The summed E-state index contributed by atoms with van der Waals surface area (Å²) in [7, 11) is 0. The SMILES string of the molecule is Cc1noc(C)c1CCC(=O)N[C@@H]1CC(=O)N(Cc2cccc(F)c2)C1. The fourth-order valence-electron chi connectivity index (χ4n) is 3.27. The van der Waals surface area contributed by atoms with Crippen molar-refractivity contribution in [2.45, 2.75) is 45.7 Å². The Morgan fingerprint density at radius 3 is 2.92 bits per heavy atom. The predicted octanol–water partition coefficient (Wildman–Crippen LogP) is 2.28. The van der Waals surface area contributed by atoms with Gasteiger partial charge in [0.2, 0.25) is 11.8 Å². The number of amides is 2. The third kappa shape index (κ3) is 4.28. The molecule has 2 amide bonds. The van der Waals surface area contributed by atoms with Crippen molar-refractivity contribution in [3.05, 3.63) is 52.7 Å². The van der Waals surface area contributed by atoms with Crippen LogP contribution in [0.15, 0.2) is 28.8 Å². The number of likely N-dealkylation sites (tertiary alicyclic amines) is 1. The standard InChI is InChI=1S/C19H22FN3O3/c1-12-17(13(2)26-22-12)6-7-18(24)21-16-9-19(25)23(11-16)10-14-4-3-5-15(20)8-14/h3-5,8,16H,6-7,9-11H2,1-2H3,(H,21,24)/t16-/m1/s1. The van der Waals surface area contributed by atoms with Gasteiger partial charge in [-0.3, -0.25) is 9.59 Å². The molecular formula is C19H22FN3O3. The monoisotopic (exact) mass is 359 g/mol. The van der Waals surface area contributed by atoms with Gasteiger partial charge in [0.1, 0.15) is 11.6 Å². The molecule has 1 aliphatic rings. The van der Waals surface area contributed by atoms with Crippen LogP contribution in [0, 0.1) is 19.7 Å². The number of rotatable bonds is 6. The number of hydrogen-bond donors (Lipinski definition) is 1. The highest BCUT2D eigenvalue weighted by Crippen LogP contribution is 2.17. The van der Waals surface area contributed by atoms with Gasteiger partial charge in [-0.25, -0.2) is 4.39 Å². The van der Waals surface area contributed by atoms with Crippen LogP contribution in [-0.4, -0.2) is 34.5 Å². The number of carbonyl (C=O) groups is 2. The lowest BCUT2D eigenvalue weighted by molar-refractivity contribution is -0.128. The van der Waals surface area contributed by atoms with Crippen LogP contribution in [-0.2, 0) is 22.6 Å². The molecule has 1 N–H and O–H groups in total. The average Bonchev–Trinajstić information content (AvgIpc) is 3.08. The molecule has 0 unspecified atom stereocenters. The van der Waals surface area contributed by atoms with Crippen LogP contribution in [0.25, 0.3) is 0 Å². The fourth-order valence-corrected chi connectivity index (χ4v) is 3.27. The van der Waals surface area contributed by atoms with E-state index in [2.05, 4.69) is 10.5 Å². The summed E-state index contributed by atoms with van der Waals surface area (Å²) in [5.74, 6) is 0.270. The van der Waals surface area contributed by atoms with Crippen LogP contribution in [0.2, 0.25) is 0 Å². The van der Waals surface area contributed by atoms with E-state index >= 15 is 0 Å². The molecule has 7 heteroatoms. The molecule has 2 heterocycles. The molecule has 3 rings (SSSR count). The predicted molar refractivity (Wildman–Crippen MR) is 92.7 cm³/mol. The summed E-state index contributed by atoms with van der Waals surface area (Å²) in [4.78, 5) is 26.0. The third-order valence-corrected chi connectivity index (χ3v) is 4.63. The van der Waals surface area contributed by atoms with Gasteiger partial charge in [-0.1, -0.05) is 17.3 Å². The summed E-state index contributed by atoms with van der Waals surface area (Å²) in [6.07, 6.45) is 1.14. The zero-order valence-corrected chi connectivity index (χ0v) is 14.9. The van der Waals surface area contributed by atoms with E-state index in [4.69, 9.17) is 4.52 Å². The fraction of sp³-hybridized carbons (Fsp3) is 0.421. The number of benzene rings is 1. The number of hydrogen-bond acceptors (Lipinski definition) is 4. The molecular weight excluding hydrogens is 337 g/mol. The molecule has 1 saturated heterocycles. The number of nitrogens with zero attached hydrogens (tertiary/aromatic N) is 2. The van der Waals surface area contributed by atoms with E-state index in [0.29, 0.717) is 25.9 Å². The van der Waals surface area contributed by atoms with Gasteiger partial charge < -0.3 is 14.7 Å². The van der Waals surface area contributed by atoms with Crippen LogP contribution in [0.3, 0.4) is 0 Å². The summed E-state index contributed by atoms with van der Waals surface area (Å²) in [5.41, 5.74) is 2.49. The molecule has 0 saturated carbocycles. The summed E-state index contributed by atoms with van der Waals surface area (Å²) < 4.78 is 18.4. The van der Waals surface area contributed by atoms with Crippen molar-refractivity contribution < 1.29 is 18.5 Å². The Labute approximate surface area is 151 Å². The Bertz CT molecular complexity index is 799. The molecule has 1 aromatic carbocycles. The van der Waals surface area contributed by atoms with E-state index in [-0.39, 0.29) is 30.1 Å². The zero-order valence-electron chi connectivity index (χ0n) is 14.9. The molecule has 1 aliphatic heterocycles. The van der Waals surface area contributed by atoms with Crippen molar-refractivity contribution in [2.24, 2.45) is 0 Å². The Morgan fingerprint density at radius 2 is 2.23 bits per heavy atom. The third-order valence-electron chi connectivity index (χ3n) is 4.63. The molecule has 0 radical (unpaired) electrons. The van der Waals surface area contributed by atoms with Crippen LogP contribution in [0.4, 0.5) is 4.39 Å². The van der Waals surface area contributed by atoms with E-state index in [1.807, 2.05) is 13.8 Å². The van der Waals surface area contributed by atoms with Gasteiger partial charge in [-0.15, -0.1) is 0 Å². The van der Waals surface area contributed by atoms with Crippen molar-refractivity contribution in [2.75, 3.05) is 6.54 Å². The summed E-state index contributed by atoms with van der Waals surface area (Å²) in [6, 6.07) is 5.98. The highest BCUT2D eigenvalue weighted by molar-refractivity contribution is 5.82. The number of aryl methyl sites for hydroxylation is 2. The van der Waals surface area contributed by atoms with E-state index in [9.17, 15) is 14.0 Å². The zero-order chi connectivity index (χ0) is 18.7. The lowest BCUT2D eigenvalue weighted by Gasteiger charge is -2.17. The number of aromatic nitrogens is 1. The first kappa shape index (κ1) is 18.1. The van der Waals surface area contributed by atoms with E-state index in [1.54, 1.807) is 17.0 Å². The minimum absolute atomic E-state index is 0.0368. The van der Waals surface area contributed by atoms with E-state index in [1.165, 1.54) is 12.1 Å². The maximum atomic E-state index is 13.3. The van der Waals surface area contributed by atoms with Crippen LogP contribution in [0.5, 0.6) is 0 Å². The average molecular weight is 359 g/mol. The Kier molecular flexibility index (Phi) is 5.35. The molecule has 1 fully saturated rings. The second kappa shape index (κ2) is 7.68. The lowest BCUT2D eigenvalue weighted by Crippen LogP contribution is -2.37. The highest BCUT2D eigenvalue weighted by atomic mass is 19.1. The Balaban J connectivity index is 1.50. The normalized spacial score (nSPS) is 17.0. The van der Waals surface area contributed by atoms with Gasteiger partial charge >= 0.3 is 0 Å². The Morgan fingerprint density at radius 1 is 1.42 bits per heavy atom. The van der Waals surface area contributed by atoms with Crippen molar-refractivity contribution >= 4 is 11.8 Å². The van der Waals surface area contributed by atoms with E-state index in [0.717, 1.165) is 22.6 Å². The minimum Gasteiger partial charge on any atom is -0.361 e. The molecule has 2 aromatic rings. The lowest BCUT2D eigenvalue weighted by atomic mass is 10.1. The van der Waals surface area contributed by atoms with E-state index < -0.39 is 0 Å². The minimum atomic E-state index is -0.321. The second-order valence-electron chi connectivity index (χ2n) is 6.68. The summed E-state index contributed by atoms with van der Waals surface area (Å²) >= 11 is 0. The number of nitrogens with one attached hydrogen (secondary N) is 1. The molecule has 138 valence electrons. The molecule has 0 spiro atoms. The van der Waals surface area contributed by atoms with Crippen LogP contribution < -0.4 is 5.32 Å². The molecule has 1 aromatic heterocycles. The number of carbonyl (C=O) groups excluding carboxylic acids is 2. The molecule has 26 heavy (non-hydrogen) atoms. The van der Waals surface area contributed by atoms with Gasteiger partial charge in [0.15, 0.2) is 0 Å². The smallest absolute Gasteiger partial charge is 0.225 e. The topological polar surface area (TPSA) is 75.4 Å². The van der Waals surface area contributed by atoms with Crippen molar-refractivity contribution in [3.63, 3.8) is 0 Å². The van der Waals surface area contributed by atoms with Crippen molar-refractivity contribution in [3.8, 4) is 0 Å². The summed E-state index contributed by atoms with van der Waals surface area (Å²) in [5, 5.41) is 6.79. The van der Waals surface area contributed by atoms with Gasteiger partial charge in [-0.05, 0) is 38.0 Å². The number of halogens is 1. The highest BCUT2D eigenvalue weighted by Gasteiger charge is 2.30. The van der Waals surface area contributed by atoms with Crippen molar-refractivity contribution in [1.29, 1.82) is 0 Å². The van der Waals surface area contributed by atoms with Gasteiger partial charge in [-0.2, -0.15) is 0 Å². The van der Waals surface area contributed by atoms with Gasteiger partial charge in [0.25, 0.3) is 0 Å². The Hall–Kier alpha value is -2.70. The maximum Gasteiger partial charge on any atom is 0.225 e. The second-order valence-corrected chi connectivity index (χ2v) is 6.68.